The monoisotopic (exact) mass is 437 g/mol. The number of nitrogens with zero attached hydrogens (tertiary/aromatic N) is 2. The first kappa shape index (κ1) is 21.4. The molecule has 0 saturated heterocycles. The van der Waals surface area contributed by atoms with Gasteiger partial charge in [-0.1, -0.05) is 42.6 Å². The van der Waals surface area contributed by atoms with Crippen LogP contribution >= 0.6 is 15.9 Å². The van der Waals surface area contributed by atoms with Crippen molar-refractivity contribution < 1.29 is 14.4 Å². The van der Waals surface area contributed by atoms with E-state index in [1.807, 2.05) is 4.90 Å². The first-order valence-corrected chi connectivity index (χ1v) is 10.5. The lowest BCUT2D eigenvalue weighted by atomic mass is 10.1. The van der Waals surface area contributed by atoms with E-state index >= 15 is 0 Å². The van der Waals surface area contributed by atoms with E-state index in [-0.39, 0.29) is 17.8 Å². The van der Waals surface area contributed by atoms with E-state index in [1.54, 1.807) is 18.2 Å². The molecule has 1 aliphatic heterocycles. The smallest absolute Gasteiger partial charge is 0.317 e. The van der Waals surface area contributed by atoms with E-state index in [9.17, 15) is 14.4 Å². The van der Waals surface area contributed by atoms with E-state index in [1.165, 1.54) is 4.90 Å². The van der Waals surface area contributed by atoms with Crippen LogP contribution in [-0.4, -0.2) is 53.8 Å². The van der Waals surface area contributed by atoms with E-state index in [0.717, 1.165) is 43.2 Å². The molecule has 0 spiro atoms. The van der Waals surface area contributed by atoms with Crippen LogP contribution in [-0.2, 0) is 0 Å². The number of rotatable bonds is 10. The molecule has 0 radical (unpaired) electrons. The lowest BCUT2D eigenvalue weighted by Gasteiger charge is -2.23. The Bertz CT molecular complexity index is 685. The maximum atomic E-state index is 12.4. The quantitative estimate of drug-likeness (QED) is 0.443. The third-order valence-corrected chi connectivity index (χ3v) is 5.11. The molecule has 148 valence electrons. The highest BCUT2D eigenvalue weighted by Gasteiger charge is 2.35. The number of fused-ring (bicyclic) bond motifs is 1. The molecule has 1 aliphatic rings. The summed E-state index contributed by atoms with van der Waals surface area (Å²) < 4.78 is 0.774. The van der Waals surface area contributed by atoms with Gasteiger partial charge < -0.3 is 10.2 Å². The Balaban J connectivity index is 1.81. The van der Waals surface area contributed by atoms with Crippen molar-refractivity contribution in [3.8, 4) is 0 Å². The maximum Gasteiger partial charge on any atom is 0.317 e. The number of hydrogen-bond donors (Lipinski definition) is 1. The molecule has 0 bridgehead atoms. The van der Waals surface area contributed by atoms with E-state index in [4.69, 9.17) is 0 Å². The minimum absolute atomic E-state index is 0.0665. The normalized spacial score (nSPS) is 13.1. The van der Waals surface area contributed by atoms with E-state index in [0.29, 0.717) is 30.6 Å². The average Bonchev–Trinajstić information content (AvgIpc) is 2.89. The fourth-order valence-electron chi connectivity index (χ4n) is 3.02. The second-order valence-electron chi connectivity index (χ2n) is 6.73. The van der Waals surface area contributed by atoms with Crippen molar-refractivity contribution in [2.24, 2.45) is 0 Å². The highest BCUT2D eigenvalue weighted by molar-refractivity contribution is 9.10. The van der Waals surface area contributed by atoms with Crippen LogP contribution in [0.1, 0.15) is 66.7 Å². The van der Waals surface area contributed by atoms with Gasteiger partial charge in [0, 0.05) is 30.7 Å². The maximum absolute atomic E-state index is 12.4. The molecule has 1 aromatic carbocycles. The zero-order valence-electron chi connectivity index (χ0n) is 16.1. The van der Waals surface area contributed by atoms with Crippen LogP contribution in [0.2, 0.25) is 0 Å². The molecule has 0 saturated carbocycles. The van der Waals surface area contributed by atoms with Crippen molar-refractivity contribution in [1.82, 2.24) is 15.1 Å². The summed E-state index contributed by atoms with van der Waals surface area (Å²) in [6.07, 6.45) is 4.61. The van der Waals surface area contributed by atoms with Crippen LogP contribution in [0.15, 0.2) is 22.7 Å². The van der Waals surface area contributed by atoms with Gasteiger partial charge in [-0.2, -0.15) is 0 Å². The van der Waals surface area contributed by atoms with E-state index in [2.05, 4.69) is 35.1 Å². The van der Waals surface area contributed by atoms with E-state index < -0.39 is 0 Å². The summed E-state index contributed by atoms with van der Waals surface area (Å²) in [4.78, 5) is 40.3. The summed E-state index contributed by atoms with van der Waals surface area (Å²) in [6, 6.07) is 5.04. The predicted octanol–water partition coefficient (Wildman–Crippen LogP) is 4.05. The number of urea groups is 1. The lowest BCUT2D eigenvalue weighted by molar-refractivity contribution is 0.0653. The number of imide groups is 1. The molecule has 1 heterocycles. The minimum atomic E-state index is -0.268. The Hall–Kier alpha value is -1.89. The van der Waals surface area contributed by atoms with Crippen molar-refractivity contribution in [1.29, 1.82) is 0 Å². The third kappa shape index (κ3) is 5.54. The summed E-state index contributed by atoms with van der Waals surface area (Å²) in [5, 5.41) is 2.91. The third-order valence-electron chi connectivity index (χ3n) is 4.62. The van der Waals surface area contributed by atoms with Crippen molar-refractivity contribution in [2.75, 3.05) is 26.2 Å². The molecule has 6 nitrogen and oxygen atoms in total. The van der Waals surface area contributed by atoms with Gasteiger partial charge in [-0.15, -0.1) is 0 Å². The molecule has 1 aromatic rings. The van der Waals surface area contributed by atoms with Crippen LogP contribution in [0.3, 0.4) is 0 Å². The van der Waals surface area contributed by atoms with Crippen molar-refractivity contribution in [3.63, 3.8) is 0 Å². The van der Waals surface area contributed by atoms with Crippen LogP contribution in [0, 0.1) is 0 Å². The van der Waals surface area contributed by atoms with Gasteiger partial charge in [-0.05, 0) is 37.5 Å². The van der Waals surface area contributed by atoms with Gasteiger partial charge >= 0.3 is 6.03 Å². The summed E-state index contributed by atoms with van der Waals surface area (Å²) in [6.45, 7) is 6.47. The highest BCUT2D eigenvalue weighted by atomic mass is 79.9. The van der Waals surface area contributed by atoms with Crippen molar-refractivity contribution >= 4 is 33.8 Å². The molecule has 7 heteroatoms. The topological polar surface area (TPSA) is 69.7 Å². The van der Waals surface area contributed by atoms with Crippen LogP contribution in [0.5, 0.6) is 0 Å². The van der Waals surface area contributed by atoms with Crippen molar-refractivity contribution in [2.45, 2.75) is 46.0 Å². The second kappa shape index (κ2) is 10.4. The summed E-state index contributed by atoms with van der Waals surface area (Å²) in [5.41, 5.74) is 0.876. The zero-order valence-corrected chi connectivity index (χ0v) is 17.7. The minimum Gasteiger partial charge on any atom is -0.338 e. The average molecular weight is 438 g/mol. The number of amides is 4. The standard InChI is InChI=1S/C20H28BrN3O3/c1-3-5-11-23(12-6-4-2)20(27)22-10-7-13-24-18(25)16-9-8-15(21)14-17(16)19(24)26/h8-9,14H,3-7,10-13H2,1-2H3,(H,22,27). The number of benzene rings is 1. The first-order valence-electron chi connectivity index (χ1n) is 9.68. The van der Waals surface area contributed by atoms with Gasteiger partial charge in [0.15, 0.2) is 0 Å². The molecule has 0 atom stereocenters. The number of carbonyl (C=O) groups excluding carboxylic acids is 3. The predicted molar refractivity (Wildman–Crippen MR) is 109 cm³/mol. The molecule has 1 N–H and O–H groups in total. The van der Waals surface area contributed by atoms with Gasteiger partial charge in [-0.25, -0.2) is 4.79 Å². The molecule has 0 aromatic heterocycles. The fraction of sp³-hybridized carbons (Fsp3) is 0.550. The van der Waals surface area contributed by atoms with Gasteiger partial charge in [-0.3, -0.25) is 14.5 Å². The molecular formula is C20H28BrN3O3. The molecule has 0 unspecified atom stereocenters. The number of unbranched alkanes of at least 4 members (excludes halogenated alkanes) is 2. The first-order chi connectivity index (χ1) is 13.0. The van der Waals surface area contributed by atoms with Gasteiger partial charge in [0.2, 0.25) is 0 Å². The van der Waals surface area contributed by atoms with Crippen molar-refractivity contribution in [3.05, 3.63) is 33.8 Å². The molecule has 27 heavy (non-hydrogen) atoms. The van der Waals surface area contributed by atoms with Crippen LogP contribution < -0.4 is 5.32 Å². The number of carbonyl (C=O) groups is 3. The highest BCUT2D eigenvalue weighted by Crippen LogP contribution is 2.25. The molecule has 0 fully saturated rings. The molecule has 4 amide bonds. The summed E-state index contributed by atoms with van der Waals surface area (Å²) in [7, 11) is 0. The zero-order chi connectivity index (χ0) is 19.8. The van der Waals surface area contributed by atoms with Gasteiger partial charge in [0.25, 0.3) is 11.8 Å². The van der Waals surface area contributed by atoms with Gasteiger partial charge in [0.1, 0.15) is 0 Å². The Morgan fingerprint density at radius 1 is 1.04 bits per heavy atom. The second-order valence-corrected chi connectivity index (χ2v) is 7.65. The SMILES string of the molecule is CCCCN(CCCC)C(=O)NCCCN1C(=O)c2ccc(Br)cc2C1=O. The van der Waals surface area contributed by atoms with Crippen LogP contribution in [0.4, 0.5) is 4.79 Å². The largest absolute Gasteiger partial charge is 0.338 e. The van der Waals surface area contributed by atoms with Gasteiger partial charge in [0.05, 0.1) is 11.1 Å². The number of hydrogen-bond acceptors (Lipinski definition) is 3. The Morgan fingerprint density at radius 3 is 2.30 bits per heavy atom. The van der Waals surface area contributed by atoms with Crippen LogP contribution in [0.25, 0.3) is 0 Å². The Morgan fingerprint density at radius 2 is 1.67 bits per heavy atom. The lowest BCUT2D eigenvalue weighted by Crippen LogP contribution is -2.42. The number of halogens is 1. The Kier molecular flexibility index (Phi) is 8.28. The molecular weight excluding hydrogens is 410 g/mol. The fourth-order valence-corrected chi connectivity index (χ4v) is 3.38. The number of nitrogens with one attached hydrogen (secondary N) is 1. The molecule has 0 aliphatic carbocycles. The molecule has 2 rings (SSSR count). The Labute approximate surface area is 169 Å². The summed E-state index contributed by atoms with van der Waals surface area (Å²) in [5.74, 6) is -0.531. The summed E-state index contributed by atoms with van der Waals surface area (Å²) >= 11 is 3.33.